The van der Waals surface area contributed by atoms with Crippen molar-refractivity contribution in [2.75, 3.05) is 19.8 Å². The average molecular weight is 487 g/mol. The topological polar surface area (TPSA) is 44.8 Å². The van der Waals surface area contributed by atoms with Gasteiger partial charge >= 0.3 is 7.60 Å². The van der Waals surface area contributed by atoms with Crippen LogP contribution >= 0.6 is 7.60 Å². The lowest BCUT2D eigenvalue weighted by atomic mass is 9.98. The molecule has 5 heteroatoms. The molecular formula is C29H43O4P. The van der Waals surface area contributed by atoms with Gasteiger partial charge in [0, 0.05) is 0 Å². The summed E-state index contributed by atoms with van der Waals surface area (Å²) >= 11 is 0. The molecule has 0 aromatic heterocycles. The highest BCUT2D eigenvalue weighted by Crippen LogP contribution is 2.51. The molecule has 0 amide bonds. The monoisotopic (exact) mass is 486 g/mol. The molecule has 0 saturated carbocycles. The Kier molecular flexibility index (Phi) is 12.7. The molecule has 0 heterocycles. The molecule has 0 N–H and O–H groups in total. The molecule has 2 aromatic carbocycles. The van der Waals surface area contributed by atoms with Gasteiger partial charge in [-0.2, -0.15) is 0 Å². The van der Waals surface area contributed by atoms with Crippen molar-refractivity contribution in [1.29, 1.82) is 0 Å². The van der Waals surface area contributed by atoms with Crippen molar-refractivity contribution >= 4 is 19.7 Å². The van der Waals surface area contributed by atoms with Crippen LogP contribution in [0.5, 0.6) is 5.75 Å². The van der Waals surface area contributed by atoms with Crippen LogP contribution < -0.4 is 4.74 Å². The van der Waals surface area contributed by atoms with Gasteiger partial charge in [0.25, 0.3) is 0 Å². The predicted octanol–water partition coefficient (Wildman–Crippen LogP) is 8.85. The maximum atomic E-state index is 12.7. The summed E-state index contributed by atoms with van der Waals surface area (Å²) in [5, 5.41) is 0. The lowest BCUT2D eigenvalue weighted by Crippen LogP contribution is -2.04. The van der Waals surface area contributed by atoms with Crippen molar-refractivity contribution in [3.05, 3.63) is 65.2 Å². The Morgan fingerprint density at radius 3 is 1.88 bits per heavy atom. The van der Waals surface area contributed by atoms with Crippen LogP contribution in [0, 0.1) is 11.8 Å². The standard InChI is InChI=1S/C29H43O4P/c1-6-32-34(30,33-7-2)23-28-15-13-26(14-16-28)11-12-27-17-19-29(20-18-27)31-22-21-25(5)10-8-9-24(3)4/h11-20,24-25H,6-10,21-23H2,1-5H3/b12-11+. The van der Waals surface area contributed by atoms with E-state index in [-0.39, 0.29) is 6.16 Å². The first kappa shape index (κ1) is 28.4. The Hall–Kier alpha value is -1.87. The Morgan fingerprint density at radius 2 is 1.35 bits per heavy atom. The molecule has 0 radical (unpaired) electrons. The number of rotatable bonds is 16. The second-order valence-electron chi connectivity index (χ2n) is 9.32. The van der Waals surface area contributed by atoms with Gasteiger partial charge in [-0.15, -0.1) is 0 Å². The Labute approximate surface area is 207 Å². The zero-order valence-corrected chi connectivity index (χ0v) is 22.6. The summed E-state index contributed by atoms with van der Waals surface area (Å²) in [6, 6.07) is 16.2. The number of ether oxygens (including phenoxy) is 1. The quantitative estimate of drug-likeness (QED) is 0.176. The molecule has 0 bridgehead atoms. The van der Waals surface area contributed by atoms with Gasteiger partial charge < -0.3 is 13.8 Å². The molecule has 0 fully saturated rings. The van der Waals surface area contributed by atoms with Gasteiger partial charge in [0.05, 0.1) is 26.0 Å². The van der Waals surface area contributed by atoms with Gasteiger partial charge in [-0.05, 0) is 60.9 Å². The highest BCUT2D eigenvalue weighted by atomic mass is 31.2. The molecule has 4 nitrogen and oxygen atoms in total. The lowest BCUT2D eigenvalue weighted by molar-refractivity contribution is 0.219. The summed E-state index contributed by atoms with van der Waals surface area (Å²) in [4.78, 5) is 0. The molecule has 188 valence electrons. The summed E-state index contributed by atoms with van der Waals surface area (Å²) in [6.45, 7) is 12.1. The molecule has 2 aromatic rings. The Morgan fingerprint density at radius 1 is 0.794 bits per heavy atom. The van der Waals surface area contributed by atoms with E-state index in [1.54, 1.807) is 0 Å². The molecule has 34 heavy (non-hydrogen) atoms. The normalized spacial score (nSPS) is 13.0. The first-order chi connectivity index (χ1) is 16.3. The third kappa shape index (κ3) is 11.0. The lowest BCUT2D eigenvalue weighted by Gasteiger charge is -2.16. The zero-order chi connectivity index (χ0) is 24.8. The molecule has 0 aliphatic heterocycles. The summed E-state index contributed by atoms with van der Waals surface area (Å²) in [6.07, 6.45) is 9.45. The predicted molar refractivity (Wildman–Crippen MR) is 144 cm³/mol. The van der Waals surface area contributed by atoms with Crippen molar-refractivity contribution in [3.8, 4) is 5.75 Å². The van der Waals surface area contributed by atoms with E-state index < -0.39 is 7.60 Å². The smallest absolute Gasteiger partial charge is 0.335 e. The van der Waals surface area contributed by atoms with E-state index in [1.165, 1.54) is 19.3 Å². The second kappa shape index (κ2) is 15.2. The van der Waals surface area contributed by atoms with Gasteiger partial charge in [0.2, 0.25) is 0 Å². The summed E-state index contributed by atoms with van der Waals surface area (Å²) in [7, 11) is -3.08. The van der Waals surface area contributed by atoms with Crippen LogP contribution in [0.2, 0.25) is 0 Å². The van der Waals surface area contributed by atoms with E-state index in [9.17, 15) is 4.57 Å². The first-order valence-electron chi connectivity index (χ1n) is 12.7. The van der Waals surface area contributed by atoms with Crippen molar-refractivity contribution in [2.24, 2.45) is 11.8 Å². The molecule has 0 saturated heterocycles. The van der Waals surface area contributed by atoms with Crippen LogP contribution in [0.15, 0.2) is 48.5 Å². The van der Waals surface area contributed by atoms with Crippen molar-refractivity contribution in [3.63, 3.8) is 0 Å². The third-order valence-electron chi connectivity index (χ3n) is 5.71. The van der Waals surface area contributed by atoms with E-state index >= 15 is 0 Å². The molecular weight excluding hydrogens is 443 g/mol. The maximum Gasteiger partial charge on any atom is 0.335 e. The highest BCUT2D eigenvalue weighted by molar-refractivity contribution is 7.53. The van der Waals surface area contributed by atoms with Crippen LogP contribution in [0.3, 0.4) is 0 Å². The van der Waals surface area contributed by atoms with Crippen molar-refractivity contribution in [1.82, 2.24) is 0 Å². The molecule has 1 unspecified atom stereocenters. The van der Waals surface area contributed by atoms with E-state index in [0.29, 0.717) is 19.1 Å². The minimum Gasteiger partial charge on any atom is -0.494 e. The highest BCUT2D eigenvalue weighted by Gasteiger charge is 2.23. The van der Waals surface area contributed by atoms with Gasteiger partial charge in [-0.25, -0.2) is 0 Å². The minimum atomic E-state index is -3.08. The fourth-order valence-corrected chi connectivity index (χ4v) is 5.45. The van der Waals surface area contributed by atoms with Gasteiger partial charge in [0.1, 0.15) is 5.75 Å². The minimum absolute atomic E-state index is 0.289. The van der Waals surface area contributed by atoms with Crippen LogP contribution in [0.25, 0.3) is 12.2 Å². The largest absolute Gasteiger partial charge is 0.494 e. The SMILES string of the molecule is CCOP(=O)(Cc1ccc(/C=C/c2ccc(OCCC(C)CCCC(C)C)cc2)cc1)OCC. The van der Waals surface area contributed by atoms with Crippen LogP contribution in [0.4, 0.5) is 0 Å². The second-order valence-corrected chi connectivity index (χ2v) is 11.4. The number of hydrogen-bond donors (Lipinski definition) is 0. The van der Waals surface area contributed by atoms with Gasteiger partial charge in [-0.3, -0.25) is 4.57 Å². The zero-order valence-electron chi connectivity index (χ0n) is 21.7. The van der Waals surface area contributed by atoms with Gasteiger partial charge in [-0.1, -0.05) is 88.6 Å². The fraction of sp³-hybridized carbons (Fsp3) is 0.517. The van der Waals surface area contributed by atoms with Crippen LogP contribution in [-0.4, -0.2) is 19.8 Å². The fourth-order valence-electron chi connectivity index (χ4n) is 3.74. The van der Waals surface area contributed by atoms with Crippen molar-refractivity contribution < 1.29 is 18.3 Å². The molecule has 0 aliphatic carbocycles. The number of hydrogen-bond acceptors (Lipinski definition) is 4. The first-order valence-corrected chi connectivity index (χ1v) is 14.4. The molecule has 1 atom stereocenters. The van der Waals surface area contributed by atoms with E-state index in [0.717, 1.165) is 41.4 Å². The van der Waals surface area contributed by atoms with Crippen LogP contribution in [-0.2, 0) is 19.8 Å². The van der Waals surface area contributed by atoms with E-state index in [1.807, 2.05) is 50.2 Å². The summed E-state index contributed by atoms with van der Waals surface area (Å²) < 4.78 is 29.4. The van der Waals surface area contributed by atoms with Crippen molar-refractivity contribution in [2.45, 2.75) is 66.5 Å². The summed E-state index contributed by atoms with van der Waals surface area (Å²) in [5.41, 5.74) is 3.15. The average Bonchev–Trinajstić information content (AvgIpc) is 2.79. The molecule has 0 aliphatic rings. The number of benzene rings is 2. The summed E-state index contributed by atoms with van der Waals surface area (Å²) in [5.74, 6) is 2.42. The molecule has 2 rings (SSSR count). The van der Waals surface area contributed by atoms with Crippen LogP contribution in [0.1, 0.15) is 77.0 Å². The Bertz CT molecular complexity index is 877. The molecule has 0 spiro atoms. The van der Waals surface area contributed by atoms with E-state index in [4.69, 9.17) is 13.8 Å². The Balaban J connectivity index is 1.81. The van der Waals surface area contributed by atoms with E-state index in [2.05, 4.69) is 45.1 Å². The van der Waals surface area contributed by atoms with Gasteiger partial charge in [0.15, 0.2) is 0 Å². The third-order valence-corrected chi connectivity index (χ3v) is 7.77. The maximum absolute atomic E-state index is 12.7.